The minimum atomic E-state index is 0.426. The van der Waals surface area contributed by atoms with E-state index in [1.807, 2.05) is 12.1 Å². The highest BCUT2D eigenvalue weighted by Crippen LogP contribution is 2.40. The molecular formula is C11H7N3O2. The van der Waals surface area contributed by atoms with E-state index in [1.54, 1.807) is 12.3 Å². The summed E-state index contributed by atoms with van der Waals surface area (Å²) in [5.74, 6) is 0.543. The first-order valence-electron chi connectivity index (χ1n) is 4.80. The molecule has 0 saturated heterocycles. The smallest absolute Gasteiger partial charge is 0.298 e. The molecule has 0 aliphatic heterocycles. The molecule has 0 saturated carbocycles. The Morgan fingerprint density at radius 3 is 3.19 bits per heavy atom. The Hall–Kier alpha value is -2.30. The van der Waals surface area contributed by atoms with Crippen molar-refractivity contribution in [2.24, 2.45) is 0 Å². The van der Waals surface area contributed by atoms with E-state index in [9.17, 15) is 4.79 Å². The van der Waals surface area contributed by atoms with Gasteiger partial charge in [0.05, 0.1) is 11.9 Å². The van der Waals surface area contributed by atoms with Crippen LogP contribution in [0.15, 0.2) is 24.4 Å². The molecule has 0 fully saturated rings. The fourth-order valence-corrected chi connectivity index (χ4v) is 1.99. The lowest BCUT2D eigenvalue weighted by atomic mass is 10.1. The summed E-state index contributed by atoms with van der Waals surface area (Å²) in [4.78, 5) is 10.4. The van der Waals surface area contributed by atoms with Crippen molar-refractivity contribution < 1.29 is 9.53 Å². The molecule has 0 atom stereocenters. The quantitative estimate of drug-likeness (QED) is 0.593. The van der Waals surface area contributed by atoms with Crippen molar-refractivity contribution in [1.29, 1.82) is 0 Å². The van der Waals surface area contributed by atoms with E-state index in [-0.39, 0.29) is 0 Å². The maximum absolute atomic E-state index is 10.4. The van der Waals surface area contributed by atoms with Gasteiger partial charge in [0.15, 0.2) is 0 Å². The first-order valence-corrected chi connectivity index (χ1v) is 4.80. The van der Waals surface area contributed by atoms with Crippen LogP contribution in [-0.2, 0) is 11.2 Å². The summed E-state index contributed by atoms with van der Waals surface area (Å²) in [6, 6.07) is 5.59. The van der Waals surface area contributed by atoms with Gasteiger partial charge in [0.1, 0.15) is 5.75 Å². The van der Waals surface area contributed by atoms with Crippen LogP contribution in [0.1, 0.15) is 11.3 Å². The lowest BCUT2D eigenvalue weighted by Crippen LogP contribution is -1.93. The van der Waals surface area contributed by atoms with Crippen LogP contribution < -0.4 is 4.74 Å². The molecule has 3 rings (SSSR count). The number of nitrogens with zero attached hydrogens (tertiary/aromatic N) is 3. The maximum atomic E-state index is 10.4. The van der Waals surface area contributed by atoms with Crippen molar-refractivity contribution >= 4 is 6.47 Å². The Bertz CT molecular complexity index is 569. The summed E-state index contributed by atoms with van der Waals surface area (Å²) < 4.78 is 4.95. The van der Waals surface area contributed by atoms with Crippen LogP contribution in [0, 0.1) is 0 Å². The second kappa shape index (κ2) is 3.37. The van der Waals surface area contributed by atoms with E-state index < -0.39 is 0 Å². The van der Waals surface area contributed by atoms with Crippen molar-refractivity contribution in [3.8, 4) is 16.9 Å². The first-order chi connectivity index (χ1) is 7.90. The molecular weight excluding hydrogens is 206 g/mol. The lowest BCUT2D eigenvalue weighted by Gasteiger charge is -2.05. The van der Waals surface area contributed by atoms with Crippen molar-refractivity contribution in [3.63, 3.8) is 0 Å². The van der Waals surface area contributed by atoms with Gasteiger partial charge in [0, 0.05) is 17.5 Å². The lowest BCUT2D eigenvalue weighted by molar-refractivity contribution is -0.120. The second-order valence-electron chi connectivity index (χ2n) is 3.48. The van der Waals surface area contributed by atoms with Crippen LogP contribution in [-0.4, -0.2) is 21.9 Å². The number of rotatable bonds is 2. The van der Waals surface area contributed by atoms with Crippen LogP contribution in [0.3, 0.4) is 0 Å². The molecule has 0 spiro atoms. The minimum absolute atomic E-state index is 0.426. The van der Waals surface area contributed by atoms with E-state index in [2.05, 4.69) is 15.4 Å². The molecule has 5 heteroatoms. The van der Waals surface area contributed by atoms with E-state index in [0.29, 0.717) is 18.6 Å². The van der Waals surface area contributed by atoms with Gasteiger partial charge >= 0.3 is 0 Å². The van der Waals surface area contributed by atoms with Gasteiger partial charge in [-0.05, 0) is 16.8 Å². The summed E-state index contributed by atoms with van der Waals surface area (Å²) in [5.41, 5.74) is 3.73. The minimum Gasteiger partial charge on any atom is -0.428 e. The highest BCUT2D eigenvalue weighted by molar-refractivity contribution is 5.80. The molecule has 1 heterocycles. The molecule has 2 aromatic rings. The summed E-state index contributed by atoms with van der Waals surface area (Å²) in [6.07, 6.45) is 2.35. The predicted molar refractivity (Wildman–Crippen MR) is 54.8 cm³/mol. The molecule has 5 nitrogen and oxygen atoms in total. The van der Waals surface area contributed by atoms with Crippen LogP contribution in [0.4, 0.5) is 0 Å². The SMILES string of the molecule is O=COc1cccc2c1-c1cnnnc1C2. The zero-order chi connectivity index (χ0) is 11.0. The zero-order valence-electron chi connectivity index (χ0n) is 8.25. The number of hydrogen-bond acceptors (Lipinski definition) is 5. The average Bonchev–Trinajstić information content (AvgIpc) is 2.68. The molecule has 1 aliphatic carbocycles. The van der Waals surface area contributed by atoms with Crippen LogP contribution in [0.2, 0.25) is 0 Å². The highest BCUT2D eigenvalue weighted by atomic mass is 16.5. The standard InChI is InChI=1S/C11H7N3O2/c15-6-16-10-3-1-2-7-4-9-8(11(7)10)5-12-14-13-9/h1-3,5-6H,4H2. The van der Waals surface area contributed by atoms with Gasteiger partial charge < -0.3 is 4.74 Å². The number of ether oxygens (including phenoxy) is 1. The van der Waals surface area contributed by atoms with Gasteiger partial charge in [0.2, 0.25) is 0 Å². The molecule has 1 aromatic heterocycles. The topological polar surface area (TPSA) is 65.0 Å². The predicted octanol–water partition coefficient (Wildman–Crippen LogP) is 0.978. The average molecular weight is 213 g/mol. The van der Waals surface area contributed by atoms with E-state index >= 15 is 0 Å². The molecule has 0 amide bonds. The maximum Gasteiger partial charge on any atom is 0.298 e. The molecule has 0 bridgehead atoms. The summed E-state index contributed by atoms with van der Waals surface area (Å²) >= 11 is 0. The van der Waals surface area contributed by atoms with Crippen LogP contribution in [0.5, 0.6) is 5.75 Å². The number of carbonyl (C=O) groups is 1. The Labute approximate surface area is 91.1 Å². The third-order valence-corrected chi connectivity index (χ3v) is 2.63. The van der Waals surface area contributed by atoms with Gasteiger partial charge in [-0.15, -0.1) is 10.2 Å². The normalized spacial score (nSPS) is 11.8. The monoisotopic (exact) mass is 213 g/mol. The van der Waals surface area contributed by atoms with E-state index in [1.165, 1.54) is 0 Å². The van der Waals surface area contributed by atoms with E-state index in [4.69, 9.17) is 4.74 Å². The summed E-state index contributed by atoms with van der Waals surface area (Å²) in [5, 5.41) is 11.3. The van der Waals surface area contributed by atoms with Gasteiger partial charge in [-0.25, -0.2) is 0 Å². The van der Waals surface area contributed by atoms with Crippen molar-refractivity contribution in [2.45, 2.75) is 6.42 Å². The molecule has 16 heavy (non-hydrogen) atoms. The third kappa shape index (κ3) is 1.18. The number of benzene rings is 1. The molecule has 78 valence electrons. The molecule has 0 unspecified atom stereocenters. The number of hydrogen-bond donors (Lipinski definition) is 0. The van der Waals surface area contributed by atoms with Crippen molar-refractivity contribution in [2.75, 3.05) is 0 Å². The summed E-state index contributed by atoms with van der Waals surface area (Å²) in [6.45, 7) is 0.426. The van der Waals surface area contributed by atoms with Gasteiger partial charge in [0.25, 0.3) is 6.47 Å². The van der Waals surface area contributed by atoms with Gasteiger partial charge in [-0.3, -0.25) is 4.79 Å². The Morgan fingerprint density at radius 1 is 1.38 bits per heavy atom. The molecule has 0 N–H and O–H groups in total. The largest absolute Gasteiger partial charge is 0.428 e. The molecule has 1 aliphatic rings. The van der Waals surface area contributed by atoms with Crippen molar-refractivity contribution in [3.05, 3.63) is 35.7 Å². The highest BCUT2D eigenvalue weighted by Gasteiger charge is 2.23. The van der Waals surface area contributed by atoms with Crippen molar-refractivity contribution in [1.82, 2.24) is 15.4 Å². The zero-order valence-corrected chi connectivity index (χ0v) is 8.25. The summed E-state index contributed by atoms with van der Waals surface area (Å²) in [7, 11) is 0. The fraction of sp³-hybridized carbons (Fsp3) is 0.0909. The molecule has 1 aromatic carbocycles. The van der Waals surface area contributed by atoms with Gasteiger partial charge in [-0.2, -0.15) is 0 Å². The second-order valence-corrected chi connectivity index (χ2v) is 3.48. The number of carbonyl (C=O) groups excluding carboxylic acids is 1. The Kier molecular flexibility index (Phi) is 1.89. The Balaban J connectivity index is 2.24. The Morgan fingerprint density at radius 2 is 2.31 bits per heavy atom. The fourth-order valence-electron chi connectivity index (χ4n) is 1.99. The number of fused-ring (bicyclic) bond motifs is 3. The molecule has 0 radical (unpaired) electrons. The van der Waals surface area contributed by atoms with Gasteiger partial charge in [-0.1, -0.05) is 12.1 Å². The number of aromatic nitrogens is 3. The van der Waals surface area contributed by atoms with Crippen LogP contribution in [0.25, 0.3) is 11.1 Å². The first kappa shape index (κ1) is 8.96. The van der Waals surface area contributed by atoms with Crippen LogP contribution >= 0.6 is 0 Å². The third-order valence-electron chi connectivity index (χ3n) is 2.63. The van der Waals surface area contributed by atoms with E-state index in [0.717, 1.165) is 22.4 Å².